The Morgan fingerprint density at radius 1 is 1.29 bits per heavy atom. The van der Waals surface area contributed by atoms with Crippen molar-refractivity contribution in [2.75, 3.05) is 13.1 Å². The molecule has 2 unspecified atom stereocenters. The molecule has 1 fully saturated rings. The van der Waals surface area contributed by atoms with Gasteiger partial charge in [-0.15, -0.1) is 0 Å². The summed E-state index contributed by atoms with van der Waals surface area (Å²) in [4.78, 5) is 0. The number of rotatable bonds is 3. The van der Waals surface area contributed by atoms with Crippen LogP contribution in [-0.2, 0) is 0 Å². The van der Waals surface area contributed by atoms with Crippen LogP contribution in [0.5, 0.6) is 5.75 Å². The number of benzene rings is 1. The van der Waals surface area contributed by atoms with Crippen molar-refractivity contribution in [2.45, 2.75) is 39.2 Å². The molecule has 1 aromatic carbocycles. The number of hydrogen-bond donors (Lipinski definition) is 1. The van der Waals surface area contributed by atoms with Gasteiger partial charge in [0.25, 0.3) is 0 Å². The molecule has 17 heavy (non-hydrogen) atoms. The van der Waals surface area contributed by atoms with Crippen LogP contribution in [0.4, 0.5) is 0 Å². The second kappa shape index (κ2) is 5.54. The molecular weight excluding hydrogens is 210 g/mol. The molecule has 1 saturated heterocycles. The monoisotopic (exact) mass is 233 g/mol. The molecule has 0 bridgehead atoms. The summed E-state index contributed by atoms with van der Waals surface area (Å²) < 4.78 is 5.75. The molecule has 1 aliphatic rings. The van der Waals surface area contributed by atoms with Gasteiger partial charge < -0.3 is 10.1 Å². The van der Waals surface area contributed by atoms with Crippen molar-refractivity contribution in [1.82, 2.24) is 5.32 Å². The van der Waals surface area contributed by atoms with E-state index in [0.29, 0.717) is 5.92 Å². The maximum atomic E-state index is 5.75. The molecule has 1 aliphatic heterocycles. The lowest BCUT2D eigenvalue weighted by Crippen LogP contribution is -2.33. The Morgan fingerprint density at radius 3 is 2.82 bits per heavy atom. The average Bonchev–Trinajstić information content (AvgIpc) is 2.28. The lowest BCUT2D eigenvalue weighted by molar-refractivity contribution is 0.242. The molecule has 2 heteroatoms. The Bertz CT molecular complexity index is 362. The van der Waals surface area contributed by atoms with E-state index >= 15 is 0 Å². The Morgan fingerprint density at radius 2 is 2.12 bits per heavy atom. The highest BCUT2D eigenvalue weighted by Crippen LogP contribution is 2.28. The van der Waals surface area contributed by atoms with E-state index in [1.54, 1.807) is 0 Å². The largest absolute Gasteiger partial charge is 0.491 e. The number of piperidine rings is 1. The van der Waals surface area contributed by atoms with E-state index in [9.17, 15) is 0 Å². The van der Waals surface area contributed by atoms with E-state index in [-0.39, 0.29) is 6.10 Å². The van der Waals surface area contributed by atoms with Gasteiger partial charge in [0.1, 0.15) is 5.75 Å². The molecule has 0 saturated carbocycles. The van der Waals surface area contributed by atoms with Crippen molar-refractivity contribution >= 4 is 0 Å². The molecule has 1 aromatic rings. The van der Waals surface area contributed by atoms with Gasteiger partial charge in [-0.25, -0.2) is 0 Å². The van der Waals surface area contributed by atoms with Crippen LogP contribution in [0.1, 0.15) is 38.7 Å². The summed E-state index contributed by atoms with van der Waals surface area (Å²) in [6.45, 7) is 8.69. The van der Waals surface area contributed by atoms with Gasteiger partial charge in [0.15, 0.2) is 0 Å². The van der Waals surface area contributed by atoms with Gasteiger partial charge in [0, 0.05) is 6.54 Å². The summed E-state index contributed by atoms with van der Waals surface area (Å²) in [6.07, 6.45) is 1.52. The molecule has 2 atom stereocenters. The Labute approximate surface area is 104 Å². The summed E-state index contributed by atoms with van der Waals surface area (Å²) in [5, 5.41) is 3.50. The van der Waals surface area contributed by atoms with Gasteiger partial charge in [-0.2, -0.15) is 0 Å². The molecule has 0 amide bonds. The lowest BCUT2D eigenvalue weighted by Gasteiger charge is -2.28. The van der Waals surface area contributed by atoms with E-state index in [1.807, 2.05) is 6.07 Å². The van der Waals surface area contributed by atoms with Crippen LogP contribution in [0.2, 0.25) is 0 Å². The fraction of sp³-hybridized carbons (Fsp3) is 0.600. The smallest absolute Gasteiger partial charge is 0.119 e. The summed E-state index contributed by atoms with van der Waals surface area (Å²) in [5.74, 6) is 2.40. The molecule has 2 rings (SSSR count). The Hall–Kier alpha value is -1.02. The van der Waals surface area contributed by atoms with Gasteiger partial charge in [0.2, 0.25) is 0 Å². The molecule has 0 aromatic heterocycles. The molecule has 1 heterocycles. The predicted molar refractivity (Wildman–Crippen MR) is 71.6 cm³/mol. The molecule has 0 spiro atoms. The normalized spacial score (nSPS) is 24.9. The maximum Gasteiger partial charge on any atom is 0.119 e. The topological polar surface area (TPSA) is 21.3 Å². The molecule has 0 aliphatic carbocycles. The second-order valence-corrected chi connectivity index (χ2v) is 5.44. The SMILES string of the molecule is CC1CNCC(c2cccc(OC(C)C)c2)C1. The highest BCUT2D eigenvalue weighted by Gasteiger charge is 2.20. The average molecular weight is 233 g/mol. The quantitative estimate of drug-likeness (QED) is 0.865. The van der Waals surface area contributed by atoms with Crippen LogP contribution in [0.3, 0.4) is 0 Å². The zero-order valence-corrected chi connectivity index (χ0v) is 11.1. The first-order chi connectivity index (χ1) is 8.15. The fourth-order valence-corrected chi connectivity index (χ4v) is 2.52. The van der Waals surface area contributed by atoms with Crippen LogP contribution in [-0.4, -0.2) is 19.2 Å². The standard InChI is InChI=1S/C15H23NO/c1-11(2)17-15-6-4-5-13(8-15)14-7-12(3)9-16-10-14/h4-6,8,11-12,14,16H,7,9-10H2,1-3H3. The first-order valence-corrected chi connectivity index (χ1v) is 6.62. The van der Waals surface area contributed by atoms with Crippen molar-refractivity contribution in [3.05, 3.63) is 29.8 Å². The molecule has 94 valence electrons. The van der Waals surface area contributed by atoms with Crippen LogP contribution >= 0.6 is 0 Å². The highest BCUT2D eigenvalue weighted by atomic mass is 16.5. The van der Waals surface area contributed by atoms with Gasteiger partial charge in [-0.1, -0.05) is 19.1 Å². The maximum absolute atomic E-state index is 5.75. The fourth-order valence-electron chi connectivity index (χ4n) is 2.52. The van der Waals surface area contributed by atoms with E-state index in [2.05, 4.69) is 44.3 Å². The Balaban J connectivity index is 2.09. The van der Waals surface area contributed by atoms with Crippen LogP contribution < -0.4 is 10.1 Å². The van der Waals surface area contributed by atoms with Gasteiger partial charge >= 0.3 is 0 Å². The van der Waals surface area contributed by atoms with Crippen LogP contribution in [0.15, 0.2) is 24.3 Å². The van der Waals surface area contributed by atoms with Gasteiger partial charge in [-0.3, -0.25) is 0 Å². The molecule has 2 nitrogen and oxygen atoms in total. The third-order valence-electron chi connectivity index (χ3n) is 3.27. The summed E-state index contributed by atoms with van der Waals surface area (Å²) >= 11 is 0. The minimum atomic E-state index is 0.244. The number of nitrogens with one attached hydrogen (secondary N) is 1. The van der Waals surface area contributed by atoms with Crippen molar-refractivity contribution in [1.29, 1.82) is 0 Å². The van der Waals surface area contributed by atoms with Crippen molar-refractivity contribution in [2.24, 2.45) is 5.92 Å². The lowest BCUT2D eigenvalue weighted by atomic mass is 9.86. The number of hydrogen-bond acceptors (Lipinski definition) is 2. The summed E-state index contributed by atoms with van der Waals surface area (Å²) in [6, 6.07) is 8.57. The van der Waals surface area contributed by atoms with E-state index in [1.165, 1.54) is 12.0 Å². The van der Waals surface area contributed by atoms with Crippen LogP contribution in [0.25, 0.3) is 0 Å². The third kappa shape index (κ3) is 3.47. The van der Waals surface area contributed by atoms with E-state index in [0.717, 1.165) is 24.8 Å². The zero-order chi connectivity index (χ0) is 12.3. The minimum Gasteiger partial charge on any atom is -0.491 e. The van der Waals surface area contributed by atoms with Gasteiger partial charge in [0.05, 0.1) is 6.10 Å². The van der Waals surface area contributed by atoms with E-state index < -0.39 is 0 Å². The predicted octanol–water partition coefficient (Wildman–Crippen LogP) is 3.19. The summed E-state index contributed by atoms with van der Waals surface area (Å²) in [5.41, 5.74) is 1.40. The van der Waals surface area contributed by atoms with Crippen LogP contribution in [0, 0.1) is 5.92 Å². The minimum absolute atomic E-state index is 0.244. The molecule has 0 radical (unpaired) electrons. The molecular formula is C15H23NO. The van der Waals surface area contributed by atoms with Gasteiger partial charge in [-0.05, 0) is 56.3 Å². The molecule has 1 N–H and O–H groups in total. The Kier molecular flexibility index (Phi) is 4.06. The van der Waals surface area contributed by atoms with Crippen molar-refractivity contribution in [3.8, 4) is 5.75 Å². The highest BCUT2D eigenvalue weighted by molar-refractivity contribution is 5.31. The van der Waals surface area contributed by atoms with Crippen molar-refractivity contribution in [3.63, 3.8) is 0 Å². The van der Waals surface area contributed by atoms with Crippen molar-refractivity contribution < 1.29 is 4.74 Å². The third-order valence-corrected chi connectivity index (χ3v) is 3.27. The first-order valence-electron chi connectivity index (χ1n) is 6.62. The first kappa shape index (κ1) is 12.4. The van der Waals surface area contributed by atoms with E-state index in [4.69, 9.17) is 4.74 Å². The second-order valence-electron chi connectivity index (χ2n) is 5.44. The zero-order valence-electron chi connectivity index (χ0n) is 11.1. The number of ether oxygens (including phenoxy) is 1. The summed E-state index contributed by atoms with van der Waals surface area (Å²) in [7, 11) is 0.